The highest BCUT2D eigenvalue weighted by Crippen LogP contribution is 2.12. The van der Waals surface area contributed by atoms with Crippen LogP contribution in [0.3, 0.4) is 0 Å². The van der Waals surface area contributed by atoms with Crippen molar-refractivity contribution >= 4 is 17.7 Å². The number of hydrogen-bond acceptors (Lipinski definition) is 3. The summed E-state index contributed by atoms with van der Waals surface area (Å²) in [5.74, 6) is 1.00. The molecule has 0 saturated heterocycles. The first-order chi connectivity index (χ1) is 9.08. The molecule has 0 fully saturated rings. The van der Waals surface area contributed by atoms with E-state index in [-0.39, 0.29) is 11.7 Å². The number of benzene rings is 1. The van der Waals surface area contributed by atoms with Crippen molar-refractivity contribution in [2.45, 2.75) is 12.2 Å². The van der Waals surface area contributed by atoms with Crippen molar-refractivity contribution in [3.63, 3.8) is 0 Å². The van der Waals surface area contributed by atoms with Gasteiger partial charge in [0.1, 0.15) is 5.82 Å². The van der Waals surface area contributed by atoms with Gasteiger partial charge in [0.15, 0.2) is 0 Å². The number of halogens is 1. The molecule has 1 aromatic carbocycles. The molecule has 1 rings (SSSR count). The second-order valence-electron chi connectivity index (χ2n) is 4.63. The number of carbonyl (C=O) groups excluding carboxylic acids is 1. The lowest BCUT2D eigenvalue weighted by molar-refractivity contribution is -0.118. The number of nitrogens with zero attached hydrogens (tertiary/aromatic N) is 1. The van der Waals surface area contributed by atoms with Crippen LogP contribution in [-0.4, -0.2) is 43.7 Å². The molecule has 0 bridgehead atoms. The van der Waals surface area contributed by atoms with Gasteiger partial charge in [0.2, 0.25) is 5.91 Å². The number of hydrogen-bond donors (Lipinski definition) is 1. The van der Waals surface area contributed by atoms with Gasteiger partial charge in [0.25, 0.3) is 0 Å². The molecule has 0 unspecified atom stereocenters. The minimum atomic E-state index is -0.229. The molecular weight excluding hydrogens is 263 g/mol. The average Bonchev–Trinajstić information content (AvgIpc) is 2.37. The van der Waals surface area contributed by atoms with Gasteiger partial charge in [-0.05, 0) is 44.8 Å². The van der Waals surface area contributed by atoms with Crippen molar-refractivity contribution in [3.8, 4) is 0 Å². The van der Waals surface area contributed by atoms with E-state index in [9.17, 15) is 9.18 Å². The van der Waals surface area contributed by atoms with E-state index in [2.05, 4.69) is 10.2 Å². The van der Waals surface area contributed by atoms with E-state index < -0.39 is 0 Å². The van der Waals surface area contributed by atoms with Crippen LogP contribution in [-0.2, 0) is 10.5 Å². The quantitative estimate of drug-likeness (QED) is 0.742. The molecule has 3 nitrogen and oxygen atoms in total. The predicted molar refractivity (Wildman–Crippen MR) is 78.7 cm³/mol. The smallest absolute Gasteiger partial charge is 0.230 e. The summed E-state index contributed by atoms with van der Waals surface area (Å²) in [6.45, 7) is 1.69. The Kier molecular flexibility index (Phi) is 7.52. The molecular formula is C14H21FN2OS. The van der Waals surface area contributed by atoms with Crippen molar-refractivity contribution in [2.75, 3.05) is 32.9 Å². The van der Waals surface area contributed by atoms with Gasteiger partial charge in [0, 0.05) is 12.3 Å². The van der Waals surface area contributed by atoms with Crippen LogP contribution in [0.15, 0.2) is 24.3 Å². The monoisotopic (exact) mass is 284 g/mol. The summed E-state index contributed by atoms with van der Waals surface area (Å²) in [6, 6.07) is 6.38. The largest absolute Gasteiger partial charge is 0.355 e. The minimum Gasteiger partial charge on any atom is -0.355 e. The van der Waals surface area contributed by atoms with Crippen molar-refractivity contribution in [3.05, 3.63) is 35.6 Å². The van der Waals surface area contributed by atoms with Crippen molar-refractivity contribution in [2.24, 2.45) is 0 Å². The molecule has 0 saturated carbocycles. The predicted octanol–water partition coefficient (Wildman–Crippen LogP) is 2.13. The third-order valence-electron chi connectivity index (χ3n) is 2.52. The summed E-state index contributed by atoms with van der Waals surface area (Å²) in [6.07, 6.45) is 0.960. The maximum Gasteiger partial charge on any atom is 0.230 e. The number of rotatable bonds is 8. The van der Waals surface area contributed by atoms with Gasteiger partial charge >= 0.3 is 0 Å². The highest BCUT2D eigenvalue weighted by atomic mass is 32.2. The Bertz CT molecular complexity index is 382. The van der Waals surface area contributed by atoms with Crippen LogP contribution in [0.2, 0.25) is 0 Å². The lowest BCUT2D eigenvalue weighted by Gasteiger charge is -2.09. The van der Waals surface area contributed by atoms with Crippen LogP contribution >= 0.6 is 11.8 Å². The van der Waals surface area contributed by atoms with Crippen LogP contribution in [0.1, 0.15) is 12.0 Å². The van der Waals surface area contributed by atoms with E-state index in [0.717, 1.165) is 24.3 Å². The Hall–Kier alpha value is -1.07. The van der Waals surface area contributed by atoms with Crippen molar-refractivity contribution < 1.29 is 9.18 Å². The average molecular weight is 284 g/mol. The maximum atomic E-state index is 12.7. The van der Waals surface area contributed by atoms with Crippen LogP contribution in [0.5, 0.6) is 0 Å². The molecule has 1 N–H and O–H groups in total. The van der Waals surface area contributed by atoms with Gasteiger partial charge < -0.3 is 10.2 Å². The van der Waals surface area contributed by atoms with Crippen LogP contribution in [0.25, 0.3) is 0 Å². The first-order valence-corrected chi connectivity index (χ1v) is 7.47. The highest BCUT2D eigenvalue weighted by Gasteiger charge is 2.02. The third-order valence-corrected chi connectivity index (χ3v) is 3.52. The normalized spacial score (nSPS) is 10.7. The second-order valence-corrected chi connectivity index (χ2v) is 5.61. The Labute approximate surface area is 118 Å². The van der Waals surface area contributed by atoms with Gasteiger partial charge in [-0.3, -0.25) is 4.79 Å². The summed E-state index contributed by atoms with van der Waals surface area (Å²) in [5.41, 5.74) is 1.03. The number of thioether (sulfide) groups is 1. The van der Waals surface area contributed by atoms with E-state index in [1.54, 1.807) is 12.1 Å². The summed E-state index contributed by atoms with van der Waals surface area (Å²) in [7, 11) is 4.03. The molecule has 0 atom stereocenters. The van der Waals surface area contributed by atoms with E-state index in [1.165, 1.54) is 23.9 Å². The number of nitrogens with one attached hydrogen (secondary N) is 1. The number of carbonyl (C=O) groups is 1. The first-order valence-electron chi connectivity index (χ1n) is 6.31. The van der Waals surface area contributed by atoms with Gasteiger partial charge in [-0.15, -0.1) is 11.8 Å². The number of amides is 1. The second kappa shape index (κ2) is 8.93. The highest BCUT2D eigenvalue weighted by molar-refractivity contribution is 7.99. The molecule has 0 aliphatic rings. The zero-order chi connectivity index (χ0) is 14.1. The molecule has 5 heteroatoms. The molecule has 0 aliphatic heterocycles. The van der Waals surface area contributed by atoms with Crippen LogP contribution in [0.4, 0.5) is 4.39 Å². The van der Waals surface area contributed by atoms with Crippen LogP contribution < -0.4 is 5.32 Å². The molecule has 0 aromatic heterocycles. The van der Waals surface area contributed by atoms with E-state index in [0.29, 0.717) is 12.3 Å². The fourth-order valence-corrected chi connectivity index (χ4v) is 2.33. The molecule has 106 valence electrons. The summed E-state index contributed by atoms with van der Waals surface area (Å²) >= 11 is 1.54. The molecule has 0 radical (unpaired) electrons. The first kappa shape index (κ1) is 16.0. The lowest BCUT2D eigenvalue weighted by Crippen LogP contribution is -2.28. The summed E-state index contributed by atoms with van der Waals surface area (Å²) < 4.78 is 12.7. The fraction of sp³-hybridized carbons (Fsp3) is 0.500. The van der Waals surface area contributed by atoms with Gasteiger partial charge in [-0.2, -0.15) is 0 Å². The molecule has 0 heterocycles. The Balaban J connectivity index is 2.08. The van der Waals surface area contributed by atoms with Crippen LogP contribution in [0, 0.1) is 5.82 Å². The van der Waals surface area contributed by atoms with Gasteiger partial charge in [-0.25, -0.2) is 4.39 Å². The Morgan fingerprint density at radius 2 is 2.00 bits per heavy atom. The van der Waals surface area contributed by atoms with Crippen molar-refractivity contribution in [1.29, 1.82) is 0 Å². The third kappa shape index (κ3) is 7.85. The summed E-state index contributed by atoms with van der Waals surface area (Å²) in [5, 5.41) is 2.89. The molecule has 0 spiro atoms. The van der Waals surface area contributed by atoms with Gasteiger partial charge in [-0.1, -0.05) is 12.1 Å². The SMILES string of the molecule is CN(C)CCCNC(=O)CSCc1ccc(F)cc1. The lowest BCUT2D eigenvalue weighted by atomic mass is 10.2. The molecule has 1 amide bonds. The van der Waals surface area contributed by atoms with E-state index >= 15 is 0 Å². The van der Waals surface area contributed by atoms with E-state index in [4.69, 9.17) is 0 Å². The Morgan fingerprint density at radius 1 is 1.32 bits per heavy atom. The zero-order valence-corrected chi connectivity index (χ0v) is 12.3. The maximum absolute atomic E-state index is 12.7. The topological polar surface area (TPSA) is 32.3 Å². The standard InChI is InChI=1S/C14H21FN2OS/c1-17(2)9-3-8-16-14(18)11-19-10-12-4-6-13(15)7-5-12/h4-7H,3,8-11H2,1-2H3,(H,16,18). The van der Waals surface area contributed by atoms with Crippen molar-refractivity contribution in [1.82, 2.24) is 10.2 Å². The van der Waals surface area contributed by atoms with Gasteiger partial charge in [0.05, 0.1) is 5.75 Å². The molecule has 1 aromatic rings. The van der Waals surface area contributed by atoms with E-state index in [1.807, 2.05) is 14.1 Å². The molecule has 0 aliphatic carbocycles. The zero-order valence-electron chi connectivity index (χ0n) is 11.5. The summed E-state index contributed by atoms with van der Waals surface area (Å²) in [4.78, 5) is 13.6. The Morgan fingerprint density at radius 3 is 2.63 bits per heavy atom. The fourth-order valence-electron chi connectivity index (χ4n) is 1.52. The minimum absolute atomic E-state index is 0.0610. The molecule has 19 heavy (non-hydrogen) atoms.